The van der Waals surface area contributed by atoms with Crippen LogP contribution in [0.1, 0.15) is 51.9 Å². The van der Waals surface area contributed by atoms with Gasteiger partial charge in [-0.2, -0.15) is 0 Å². The molecule has 172 valence electrons. The number of aromatic amines is 1. The molecule has 30 heavy (non-hydrogen) atoms. The Bertz CT molecular complexity index is 804. The molecule has 0 amide bonds. The number of ether oxygens (including phenoxy) is 1. The molecule has 0 radical (unpaired) electrons. The fraction of sp³-hybridized carbons (Fsp3) is 0.778. The van der Waals surface area contributed by atoms with E-state index >= 15 is 0 Å². The molecule has 1 aromatic rings. The molecule has 2 heterocycles. The number of hydrogen-bond donors (Lipinski definition) is 6. The molecular formula is C18H30FN3O8. The molecule has 11 nitrogen and oxygen atoms in total. The lowest BCUT2D eigenvalue weighted by Gasteiger charge is -2.43. The van der Waals surface area contributed by atoms with Crippen molar-refractivity contribution in [2.24, 2.45) is 0 Å². The maximum atomic E-state index is 14.7. The minimum absolute atomic E-state index is 0.238. The van der Waals surface area contributed by atoms with E-state index in [1.54, 1.807) is 0 Å². The maximum Gasteiger partial charge on any atom is 0.332 e. The molecule has 1 fully saturated rings. The molecule has 12 heteroatoms. The summed E-state index contributed by atoms with van der Waals surface area (Å²) >= 11 is 0. The molecular weight excluding hydrogens is 405 g/mol. The number of H-pyrrole nitrogens is 1. The van der Waals surface area contributed by atoms with E-state index in [0.717, 1.165) is 37.9 Å². The summed E-state index contributed by atoms with van der Waals surface area (Å²) < 4.78 is 20.1. The number of hydrogen-bond acceptors (Lipinski definition) is 9. The normalized spacial score (nSPS) is 30.1. The third kappa shape index (κ3) is 4.49. The average Bonchev–Trinajstić information content (AvgIpc) is 2.91. The minimum atomic E-state index is -3.27. The fourth-order valence-electron chi connectivity index (χ4n) is 3.55. The van der Waals surface area contributed by atoms with Gasteiger partial charge >= 0.3 is 11.6 Å². The van der Waals surface area contributed by atoms with Gasteiger partial charge in [-0.1, -0.05) is 39.0 Å². The lowest BCUT2D eigenvalue weighted by molar-refractivity contribution is -0.428. The molecule has 0 saturated carbocycles. The lowest BCUT2D eigenvalue weighted by Crippen LogP contribution is -2.69. The Morgan fingerprint density at radius 3 is 2.50 bits per heavy atom. The topological polar surface area (TPSA) is 168 Å². The molecule has 1 aliphatic heterocycles. The third-order valence-electron chi connectivity index (χ3n) is 5.30. The number of unbranched alkanes of at least 4 members (excludes halogenated alkanes) is 5. The summed E-state index contributed by atoms with van der Waals surface area (Å²) in [5.74, 6) is -3.22. The van der Waals surface area contributed by atoms with Gasteiger partial charge in [-0.05, 0) is 12.8 Å². The Morgan fingerprint density at radius 2 is 1.90 bits per heavy atom. The van der Waals surface area contributed by atoms with Gasteiger partial charge in [0.1, 0.15) is 12.2 Å². The van der Waals surface area contributed by atoms with Crippen LogP contribution in [0.4, 0.5) is 4.39 Å². The molecule has 1 aliphatic rings. The van der Waals surface area contributed by atoms with E-state index in [2.05, 4.69) is 6.92 Å². The van der Waals surface area contributed by atoms with Crippen molar-refractivity contribution in [2.45, 2.75) is 82.0 Å². The van der Waals surface area contributed by atoms with Crippen LogP contribution in [0, 0.1) is 0 Å². The van der Waals surface area contributed by atoms with Crippen LogP contribution in [0.15, 0.2) is 21.9 Å². The molecule has 0 spiro atoms. The van der Waals surface area contributed by atoms with Crippen molar-refractivity contribution in [3.8, 4) is 0 Å². The standard InChI is InChI=1S/C18H30FN3O8/c1-2-3-4-5-6-7-8-13(19)22(29)17(27)15(25)12(11-23)30-18(17,28)21-10-9-14(24)20-16(21)26/h9-10,12-13,15,23,25,27-29H,2-8,11H2,1H3,(H,20,24,26)/t12-,13?,15-,17-,18+/m1/s1. The van der Waals surface area contributed by atoms with Crippen LogP contribution in [0.3, 0.4) is 0 Å². The number of hydroxylamine groups is 2. The van der Waals surface area contributed by atoms with Gasteiger partial charge in [-0.15, -0.1) is 5.06 Å². The largest absolute Gasteiger partial charge is 0.394 e. The van der Waals surface area contributed by atoms with Gasteiger partial charge in [0, 0.05) is 12.3 Å². The molecule has 0 aliphatic carbocycles. The summed E-state index contributed by atoms with van der Waals surface area (Å²) in [6, 6.07) is 0.812. The van der Waals surface area contributed by atoms with Crippen LogP contribution in [-0.2, 0) is 10.6 Å². The van der Waals surface area contributed by atoms with Crippen molar-refractivity contribution in [3.05, 3.63) is 33.1 Å². The number of rotatable bonds is 11. The zero-order valence-electron chi connectivity index (χ0n) is 16.8. The van der Waals surface area contributed by atoms with Crippen molar-refractivity contribution in [1.82, 2.24) is 14.6 Å². The van der Waals surface area contributed by atoms with E-state index in [0.29, 0.717) is 12.8 Å². The fourth-order valence-corrected chi connectivity index (χ4v) is 3.55. The van der Waals surface area contributed by atoms with Crippen LogP contribution in [0.2, 0.25) is 0 Å². The van der Waals surface area contributed by atoms with Crippen LogP contribution < -0.4 is 11.2 Å². The lowest BCUT2D eigenvalue weighted by atomic mass is 10.00. The van der Waals surface area contributed by atoms with E-state index in [1.807, 2.05) is 4.98 Å². The van der Waals surface area contributed by atoms with Crippen molar-refractivity contribution in [2.75, 3.05) is 6.61 Å². The first-order valence-corrected chi connectivity index (χ1v) is 9.99. The summed E-state index contributed by atoms with van der Waals surface area (Å²) in [6.45, 7) is 1.14. The molecule has 1 unspecified atom stereocenters. The first-order chi connectivity index (χ1) is 14.1. The molecule has 1 aromatic heterocycles. The van der Waals surface area contributed by atoms with Crippen LogP contribution in [-0.4, -0.2) is 71.1 Å². The summed E-state index contributed by atoms with van der Waals surface area (Å²) in [5.41, 5.74) is -5.36. The van der Waals surface area contributed by atoms with Crippen LogP contribution in [0.5, 0.6) is 0 Å². The predicted octanol–water partition coefficient (Wildman–Crippen LogP) is -0.683. The second-order valence-corrected chi connectivity index (χ2v) is 7.43. The minimum Gasteiger partial charge on any atom is -0.394 e. The quantitative estimate of drug-likeness (QED) is 0.114. The van der Waals surface area contributed by atoms with Gasteiger partial charge < -0.3 is 30.4 Å². The Kier molecular flexibility index (Phi) is 8.27. The van der Waals surface area contributed by atoms with Gasteiger partial charge in [0.15, 0.2) is 6.30 Å². The molecule has 0 bridgehead atoms. The molecule has 6 N–H and O–H groups in total. The smallest absolute Gasteiger partial charge is 0.332 e. The number of aliphatic hydroxyl groups excluding tert-OH is 2. The Morgan fingerprint density at radius 1 is 1.27 bits per heavy atom. The Hall–Kier alpha value is -1.67. The summed E-state index contributed by atoms with van der Waals surface area (Å²) in [4.78, 5) is 25.2. The van der Waals surface area contributed by atoms with Crippen molar-refractivity contribution < 1.29 is 34.8 Å². The van der Waals surface area contributed by atoms with Gasteiger partial charge in [0.25, 0.3) is 5.56 Å². The van der Waals surface area contributed by atoms with Gasteiger partial charge in [-0.25, -0.2) is 13.8 Å². The van der Waals surface area contributed by atoms with E-state index in [4.69, 9.17) is 4.74 Å². The second kappa shape index (κ2) is 10.1. The number of aromatic nitrogens is 2. The van der Waals surface area contributed by atoms with Gasteiger partial charge in [0.05, 0.1) is 6.61 Å². The highest BCUT2D eigenvalue weighted by Crippen LogP contribution is 2.44. The predicted molar refractivity (Wildman–Crippen MR) is 101 cm³/mol. The highest BCUT2D eigenvalue weighted by Gasteiger charge is 2.71. The zero-order valence-corrected chi connectivity index (χ0v) is 16.8. The highest BCUT2D eigenvalue weighted by molar-refractivity contribution is 5.05. The average molecular weight is 435 g/mol. The van der Waals surface area contributed by atoms with Gasteiger partial charge in [0.2, 0.25) is 5.72 Å². The van der Waals surface area contributed by atoms with Crippen LogP contribution >= 0.6 is 0 Å². The Balaban J connectivity index is 2.28. The number of halogens is 1. The number of alkyl halides is 1. The summed E-state index contributed by atoms with van der Waals surface area (Å²) in [7, 11) is 0. The van der Waals surface area contributed by atoms with Crippen molar-refractivity contribution >= 4 is 0 Å². The molecule has 0 aromatic carbocycles. The highest BCUT2D eigenvalue weighted by atomic mass is 19.1. The third-order valence-corrected chi connectivity index (χ3v) is 5.30. The second-order valence-electron chi connectivity index (χ2n) is 7.43. The van der Waals surface area contributed by atoms with E-state index < -0.39 is 48.0 Å². The summed E-state index contributed by atoms with van der Waals surface area (Å²) in [5, 5.41) is 51.8. The first kappa shape index (κ1) is 24.6. The van der Waals surface area contributed by atoms with Crippen molar-refractivity contribution in [1.29, 1.82) is 0 Å². The number of nitrogens with zero attached hydrogens (tertiary/aromatic N) is 2. The molecule has 1 saturated heterocycles. The van der Waals surface area contributed by atoms with E-state index in [9.17, 15) is 39.6 Å². The van der Waals surface area contributed by atoms with Crippen LogP contribution in [0.25, 0.3) is 0 Å². The van der Waals surface area contributed by atoms with E-state index in [-0.39, 0.29) is 16.1 Å². The Labute approximate surface area is 171 Å². The summed E-state index contributed by atoms with van der Waals surface area (Å²) in [6.07, 6.45) is -0.621. The zero-order chi connectivity index (χ0) is 22.5. The monoisotopic (exact) mass is 435 g/mol. The number of aliphatic hydroxyl groups is 4. The molecule has 5 atom stereocenters. The van der Waals surface area contributed by atoms with Gasteiger partial charge in [-0.3, -0.25) is 9.78 Å². The van der Waals surface area contributed by atoms with E-state index in [1.165, 1.54) is 0 Å². The SMILES string of the molecule is CCCCCCCCC(F)N(O)[C@@]1(O)[C@H](O)[C@@H](CO)O[C@]1(O)n1ccc(=O)[nH]c1=O. The first-order valence-electron chi connectivity index (χ1n) is 9.99. The number of nitrogens with one attached hydrogen (secondary N) is 1. The van der Waals surface area contributed by atoms with Crippen molar-refractivity contribution in [3.63, 3.8) is 0 Å². The maximum absolute atomic E-state index is 14.7. The molecule has 2 rings (SSSR count).